The van der Waals surface area contributed by atoms with Gasteiger partial charge in [0.25, 0.3) is 5.91 Å². The van der Waals surface area contributed by atoms with E-state index in [4.69, 9.17) is 0 Å². The van der Waals surface area contributed by atoms with E-state index in [1.165, 1.54) is 0 Å². The van der Waals surface area contributed by atoms with Crippen LogP contribution in [0.3, 0.4) is 0 Å². The van der Waals surface area contributed by atoms with Gasteiger partial charge in [0.15, 0.2) is 0 Å². The molecular weight excluding hydrogens is 404 g/mol. The highest BCUT2D eigenvalue weighted by molar-refractivity contribution is 9.10. The first-order valence-electron chi connectivity index (χ1n) is 9.74. The zero-order valence-corrected chi connectivity index (χ0v) is 18.5. The van der Waals surface area contributed by atoms with Gasteiger partial charge in [0.05, 0.1) is 4.47 Å². The molecule has 5 heteroatoms. The Hall–Kier alpha value is -1.88. The average molecular weight is 433 g/mol. The zero-order valence-electron chi connectivity index (χ0n) is 16.9. The van der Waals surface area contributed by atoms with Gasteiger partial charge in [-0.2, -0.15) is 0 Å². The Kier molecular flexibility index (Phi) is 7.42. The highest BCUT2D eigenvalue weighted by Gasteiger charge is 2.23. The Morgan fingerprint density at radius 1 is 1.11 bits per heavy atom. The summed E-state index contributed by atoms with van der Waals surface area (Å²) in [5.74, 6) is -0.318. The molecule has 0 aliphatic carbocycles. The third-order valence-electron chi connectivity index (χ3n) is 5.03. The summed E-state index contributed by atoms with van der Waals surface area (Å²) >= 11 is 3.40. The lowest BCUT2D eigenvalue weighted by atomic mass is 10.0. The molecule has 1 aromatic carbocycles. The fourth-order valence-electron chi connectivity index (χ4n) is 3.60. The molecule has 0 aliphatic heterocycles. The molecule has 1 aromatic heterocycles. The maximum absolute atomic E-state index is 13.3. The Morgan fingerprint density at radius 3 is 2.19 bits per heavy atom. The number of anilines is 1. The summed E-state index contributed by atoms with van der Waals surface area (Å²) in [5.41, 5.74) is 4.72. The highest BCUT2D eigenvalue weighted by Crippen LogP contribution is 2.25. The second kappa shape index (κ2) is 9.36. The molecule has 2 aromatic rings. The molecule has 1 amide bonds. The number of para-hydroxylation sites is 1. The van der Waals surface area contributed by atoms with Crippen LogP contribution in [-0.2, 0) is 25.8 Å². The molecule has 0 bridgehead atoms. The molecule has 1 N–H and O–H groups in total. The van der Waals surface area contributed by atoms with E-state index in [2.05, 4.69) is 46.6 Å². The van der Waals surface area contributed by atoms with Gasteiger partial charge in [0.2, 0.25) is 5.43 Å². The molecule has 0 aliphatic rings. The molecular formula is C22H29BrN2O2. The molecule has 0 atom stereocenters. The number of benzene rings is 1. The minimum Gasteiger partial charge on any atom is -0.347 e. The van der Waals surface area contributed by atoms with Crippen LogP contribution in [-0.4, -0.2) is 10.5 Å². The minimum absolute atomic E-state index is 0.231. The number of hydrogen-bond acceptors (Lipinski definition) is 2. The molecule has 4 nitrogen and oxygen atoms in total. The molecule has 2 rings (SSSR count). The van der Waals surface area contributed by atoms with Gasteiger partial charge in [-0.05, 0) is 60.2 Å². The van der Waals surface area contributed by atoms with Gasteiger partial charge >= 0.3 is 0 Å². The van der Waals surface area contributed by atoms with Crippen molar-refractivity contribution < 1.29 is 4.79 Å². The maximum atomic E-state index is 13.3. The fourth-order valence-corrected chi connectivity index (χ4v) is 4.01. The molecule has 0 saturated heterocycles. The van der Waals surface area contributed by atoms with Crippen molar-refractivity contribution in [2.45, 2.75) is 66.8 Å². The molecule has 0 radical (unpaired) electrons. The lowest BCUT2D eigenvalue weighted by Crippen LogP contribution is -2.30. The first kappa shape index (κ1) is 21.4. The first-order valence-corrected chi connectivity index (χ1v) is 10.5. The number of nitrogens with zero attached hydrogens (tertiary/aromatic N) is 1. The molecule has 1 heterocycles. The van der Waals surface area contributed by atoms with Crippen LogP contribution < -0.4 is 10.7 Å². The van der Waals surface area contributed by atoms with E-state index in [-0.39, 0.29) is 16.9 Å². The SMILES string of the molecule is CCCc1c(C(=O)Nc2c(CC)cccc2CC)c(=O)c(Br)c(C)n1CC. The molecule has 0 unspecified atom stereocenters. The molecule has 0 saturated carbocycles. The van der Waals surface area contributed by atoms with Gasteiger partial charge < -0.3 is 9.88 Å². The summed E-state index contributed by atoms with van der Waals surface area (Å²) in [5, 5.41) is 3.06. The van der Waals surface area contributed by atoms with E-state index in [1.807, 2.05) is 32.0 Å². The lowest BCUT2D eigenvalue weighted by molar-refractivity contribution is 0.102. The number of rotatable bonds is 7. The molecule has 146 valence electrons. The van der Waals surface area contributed by atoms with E-state index in [9.17, 15) is 9.59 Å². The van der Waals surface area contributed by atoms with E-state index in [0.717, 1.165) is 47.5 Å². The minimum atomic E-state index is -0.318. The summed E-state index contributed by atoms with van der Waals surface area (Å²) < 4.78 is 2.53. The van der Waals surface area contributed by atoms with Gasteiger partial charge in [-0.3, -0.25) is 9.59 Å². The number of aromatic nitrogens is 1. The van der Waals surface area contributed by atoms with Crippen LogP contribution in [0.5, 0.6) is 0 Å². The quantitative estimate of drug-likeness (QED) is 0.647. The summed E-state index contributed by atoms with van der Waals surface area (Å²) in [6.45, 7) is 10.9. The molecule has 0 spiro atoms. The predicted octanol–water partition coefficient (Wildman–Crippen LogP) is 5.27. The van der Waals surface area contributed by atoms with Crippen molar-refractivity contribution in [1.29, 1.82) is 0 Å². The number of nitrogens with one attached hydrogen (secondary N) is 1. The largest absolute Gasteiger partial charge is 0.347 e. The number of carbonyl (C=O) groups excluding carboxylic acids is 1. The van der Waals surface area contributed by atoms with E-state index in [0.29, 0.717) is 17.4 Å². The van der Waals surface area contributed by atoms with E-state index in [1.54, 1.807) is 0 Å². The smallest absolute Gasteiger partial charge is 0.261 e. The summed E-state index contributed by atoms with van der Waals surface area (Å²) in [6.07, 6.45) is 3.20. The van der Waals surface area contributed by atoms with Crippen LogP contribution in [0.2, 0.25) is 0 Å². The van der Waals surface area contributed by atoms with Crippen LogP contribution in [0.15, 0.2) is 27.5 Å². The lowest BCUT2D eigenvalue weighted by Gasteiger charge is -2.21. The number of halogens is 1. The number of pyridine rings is 1. The number of amides is 1. The van der Waals surface area contributed by atoms with E-state index >= 15 is 0 Å². The van der Waals surface area contributed by atoms with Crippen LogP contribution >= 0.6 is 15.9 Å². The zero-order chi connectivity index (χ0) is 20.1. The normalized spacial score (nSPS) is 10.9. The van der Waals surface area contributed by atoms with Crippen LogP contribution in [0.25, 0.3) is 0 Å². The maximum Gasteiger partial charge on any atom is 0.261 e. The summed E-state index contributed by atoms with van der Waals surface area (Å²) in [6, 6.07) is 6.07. The first-order chi connectivity index (χ1) is 12.9. The third kappa shape index (κ3) is 4.18. The van der Waals surface area contributed by atoms with Crippen molar-refractivity contribution in [2.75, 3.05) is 5.32 Å². The van der Waals surface area contributed by atoms with Gasteiger partial charge in [-0.15, -0.1) is 0 Å². The van der Waals surface area contributed by atoms with Crippen molar-refractivity contribution in [1.82, 2.24) is 4.57 Å². The summed E-state index contributed by atoms with van der Waals surface area (Å²) in [4.78, 5) is 26.2. The Bertz CT molecular complexity index is 878. The fraction of sp³-hybridized carbons (Fsp3) is 0.455. The second-order valence-corrected chi connectivity index (χ2v) is 7.45. The number of aryl methyl sites for hydroxylation is 2. The van der Waals surface area contributed by atoms with Gasteiger partial charge in [-0.1, -0.05) is 45.4 Å². The van der Waals surface area contributed by atoms with Crippen molar-refractivity contribution >= 4 is 27.5 Å². The molecule has 27 heavy (non-hydrogen) atoms. The van der Waals surface area contributed by atoms with Gasteiger partial charge in [-0.25, -0.2) is 0 Å². The van der Waals surface area contributed by atoms with Gasteiger partial charge in [0.1, 0.15) is 5.56 Å². The standard InChI is InChI=1S/C22H29BrN2O2/c1-6-11-17-18(21(26)19(23)14(5)25(17)9-4)22(27)24-20-15(7-2)12-10-13-16(20)8-3/h10,12-13H,6-9,11H2,1-5H3,(H,24,27). The van der Waals surface area contributed by atoms with Crippen molar-refractivity contribution in [3.63, 3.8) is 0 Å². The van der Waals surface area contributed by atoms with Crippen LogP contribution in [0.4, 0.5) is 5.69 Å². The number of hydrogen-bond donors (Lipinski definition) is 1. The van der Waals surface area contributed by atoms with E-state index < -0.39 is 0 Å². The Balaban J connectivity index is 2.64. The van der Waals surface area contributed by atoms with Crippen molar-refractivity contribution in [3.8, 4) is 0 Å². The van der Waals surface area contributed by atoms with Crippen LogP contribution in [0.1, 0.15) is 67.0 Å². The average Bonchev–Trinajstić information content (AvgIpc) is 2.67. The monoisotopic (exact) mass is 432 g/mol. The second-order valence-electron chi connectivity index (χ2n) is 6.66. The Labute approximate surface area is 170 Å². The Morgan fingerprint density at radius 2 is 1.70 bits per heavy atom. The third-order valence-corrected chi connectivity index (χ3v) is 5.96. The highest BCUT2D eigenvalue weighted by atomic mass is 79.9. The topological polar surface area (TPSA) is 51.1 Å². The van der Waals surface area contributed by atoms with Crippen molar-refractivity contribution in [2.24, 2.45) is 0 Å². The molecule has 0 fully saturated rings. The summed E-state index contributed by atoms with van der Waals surface area (Å²) in [7, 11) is 0. The van der Waals surface area contributed by atoms with Crippen LogP contribution in [0, 0.1) is 6.92 Å². The van der Waals surface area contributed by atoms with Crippen molar-refractivity contribution in [3.05, 3.63) is 61.0 Å². The van der Waals surface area contributed by atoms with Gasteiger partial charge in [0, 0.05) is 23.6 Å². The number of carbonyl (C=O) groups is 1. The predicted molar refractivity (Wildman–Crippen MR) is 116 cm³/mol.